The molecule has 3 aromatic carbocycles. The van der Waals surface area contributed by atoms with E-state index in [-0.39, 0.29) is 48.4 Å². The van der Waals surface area contributed by atoms with E-state index in [0.29, 0.717) is 29.7 Å². The molecule has 316 valence electrons. The van der Waals surface area contributed by atoms with Crippen LogP contribution in [0, 0.1) is 29.1 Å². The highest BCUT2D eigenvalue weighted by Gasteiger charge is 2.51. The molecule has 0 bridgehead atoms. The van der Waals surface area contributed by atoms with E-state index in [4.69, 9.17) is 9.57 Å². The van der Waals surface area contributed by atoms with E-state index in [1.807, 2.05) is 72.4 Å². The number of piperazine rings is 1. The number of nitrogens with zero attached hydrogens (tertiary/aromatic N) is 4. The standard InChI is InChI=1S/C47H67N5O6/c1-29-21-40(30(2)31(3)47(29,5)6)48-45(55)43-42(32(4)54)41(28-53)58-52(43)26-34-17-14-18-39(44(34)57-10)35-23-36(25-37(24-35)49(7)8)46(56)51-20-19-50(9)27-38(51)22-33-15-12-11-13-16-33/h11-18,23-25,29-32,38,40-43,53-54H,19-22,26-28H2,1-10H3,(H,48,55)/t29-,30+,31+,32+,38+,40+,41+,42-,43+/m1/s1. The van der Waals surface area contributed by atoms with Crippen LogP contribution in [0.2, 0.25) is 0 Å². The van der Waals surface area contributed by atoms with Gasteiger partial charge in [-0.25, -0.2) is 0 Å². The molecule has 1 aliphatic carbocycles. The number of para-hydroxylation sites is 1. The molecule has 3 N–H and O–H groups in total. The van der Waals surface area contributed by atoms with Gasteiger partial charge in [0.1, 0.15) is 17.9 Å². The van der Waals surface area contributed by atoms with Gasteiger partial charge in [0.2, 0.25) is 5.91 Å². The summed E-state index contributed by atoms with van der Waals surface area (Å²) in [5.41, 5.74) is 5.22. The molecule has 0 spiro atoms. The Bertz CT molecular complexity index is 1890. The van der Waals surface area contributed by atoms with E-state index < -0.39 is 24.2 Å². The van der Waals surface area contributed by atoms with Gasteiger partial charge in [-0.05, 0) is 79.3 Å². The summed E-state index contributed by atoms with van der Waals surface area (Å²) in [5.74, 6) is 0.756. The molecule has 0 radical (unpaired) electrons. The largest absolute Gasteiger partial charge is 0.496 e. The van der Waals surface area contributed by atoms with Crippen LogP contribution in [-0.4, -0.2) is 122 Å². The number of rotatable bonds is 12. The Hall–Kier alpha value is -4.00. The molecule has 2 saturated heterocycles. The molecule has 11 nitrogen and oxygen atoms in total. The van der Waals surface area contributed by atoms with Crippen molar-refractivity contribution in [2.75, 3.05) is 59.4 Å². The van der Waals surface area contributed by atoms with Crippen LogP contribution in [0.15, 0.2) is 66.7 Å². The molecule has 0 unspecified atom stereocenters. The van der Waals surface area contributed by atoms with Crippen LogP contribution in [0.3, 0.4) is 0 Å². The van der Waals surface area contributed by atoms with Crippen molar-refractivity contribution in [3.63, 3.8) is 0 Å². The van der Waals surface area contributed by atoms with E-state index in [1.165, 1.54) is 5.56 Å². The molecule has 1 saturated carbocycles. The molecule has 6 rings (SSSR count). The zero-order valence-corrected chi connectivity index (χ0v) is 36.3. The van der Waals surface area contributed by atoms with Crippen LogP contribution in [0.5, 0.6) is 5.75 Å². The molecule has 11 heteroatoms. The van der Waals surface area contributed by atoms with Gasteiger partial charge in [0.05, 0.1) is 26.4 Å². The van der Waals surface area contributed by atoms with E-state index in [0.717, 1.165) is 48.3 Å². The number of nitrogens with one attached hydrogen (secondary N) is 1. The highest BCUT2D eigenvalue weighted by molar-refractivity contribution is 5.97. The van der Waals surface area contributed by atoms with E-state index in [2.05, 4.69) is 70.1 Å². The number of aliphatic hydroxyl groups excluding tert-OH is 2. The molecule has 3 fully saturated rings. The Morgan fingerprint density at radius 2 is 1.76 bits per heavy atom. The van der Waals surface area contributed by atoms with Gasteiger partial charge in [-0.3, -0.25) is 14.4 Å². The third-order valence-corrected chi connectivity index (χ3v) is 14.1. The molecule has 2 heterocycles. The highest BCUT2D eigenvalue weighted by Crippen LogP contribution is 2.48. The minimum absolute atomic E-state index is 0.00716. The average molecular weight is 798 g/mol. The van der Waals surface area contributed by atoms with Crippen molar-refractivity contribution in [1.82, 2.24) is 20.2 Å². The number of aliphatic hydroxyl groups is 2. The fourth-order valence-electron chi connectivity index (χ4n) is 9.71. The predicted octanol–water partition coefficient (Wildman–Crippen LogP) is 5.72. The number of carbonyl (C=O) groups is 2. The fraction of sp³-hybridized carbons (Fsp3) is 0.574. The normalized spacial score (nSPS) is 28.2. The lowest BCUT2D eigenvalue weighted by molar-refractivity contribution is -0.182. The third-order valence-electron chi connectivity index (χ3n) is 14.1. The van der Waals surface area contributed by atoms with Crippen LogP contribution in [0.25, 0.3) is 11.1 Å². The molecule has 2 aliphatic heterocycles. The van der Waals surface area contributed by atoms with Crippen molar-refractivity contribution in [3.05, 3.63) is 83.4 Å². The van der Waals surface area contributed by atoms with Gasteiger partial charge in [0, 0.05) is 74.1 Å². The van der Waals surface area contributed by atoms with Crippen molar-refractivity contribution in [1.29, 1.82) is 0 Å². The summed E-state index contributed by atoms with van der Waals surface area (Å²) in [6.45, 7) is 15.1. The first-order valence-corrected chi connectivity index (χ1v) is 21.1. The Kier molecular flexibility index (Phi) is 13.6. The van der Waals surface area contributed by atoms with Crippen LogP contribution >= 0.6 is 0 Å². The smallest absolute Gasteiger partial charge is 0.254 e. The fourth-order valence-corrected chi connectivity index (χ4v) is 9.71. The van der Waals surface area contributed by atoms with E-state index >= 15 is 0 Å². The number of hydroxylamine groups is 2. The zero-order chi connectivity index (χ0) is 42.1. The van der Waals surface area contributed by atoms with Crippen molar-refractivity contribution in [2.45, 2.75) is 91.3 Å². The number of hydrogen-bond acceptors (Lipinski definition) is 9. The molecule has 0 aromatic heterocycles. The number of anilines is 1. The topological polar surface area (TPSA) is 118 Å². The third kappa shape index (κ3) is 8.94. The number of amides is 2. The summed E-state index contributed by atoms with van der Waals surface area (Å²) < 4.78 is 6.16. The zero-order valence-electron chi connectivity index (χ0n) is 36.3. The van der Waals surface area contributed by atoms with Crippen molar-refractivity contribution >= 4 is 17.5 Å². The summed E-state index contributed by atoms with van der Waals surface area (Å²) in [7, 11) is 7.68. The van der Waals surface area contributed by atoms with Gasteiger partial charge in [0.25, 0.3) is 5.91 Å². The molecule has 3 aromatic rings. The minimum atomic E-state index is -0.913. The van der Waals surface area contributed by atoms with Gasteiger partial charge in [0.15, 0.2) is 0 Å². The van der Waals surface area contributed by atoms with Crippen LogP contribution in [0.4, 0.5) is 5.69 Å². The van der Waals surface area contributed by atoms with Crippen LogP contribution in [0.1, 0.15) is 69.4 Å². The number of hydrogen-bond donors (Lipinski definition) is 3. The molecular formula is C47H67N5O6. The Morgan fingerprint density at radius 3 is 2.41 bits per heavy atom. The van der Waals surface area contributed by atoms with Gasteiger partial charge in [-0.1, -0.05) is 83.1 Å². The first-order chi connectivity index (χ1) is 27.5. The second-order valence-electron chi connectivity index (χ2n) is 18.2. The van der Waals surface area contributed by atoms with E-state index in [1.54, 1.807) is 19.1 Å². The summed E-state index contributed by atoms with van der Waals surface area (Å²) in [6.07, 6.45) is -0.0522. The quantitative estimate of drug-likeness (QED) is 0.212. The summed E-state index contributed by atoms with van der Waals surface area (Å²) in [6, 6.07) is 21.3. The first-order valence-electron chi connectivity index (χ1n) is 21.1. The average Bonchev–Trinajstić information content (AvgIpc) is 3.58. The van der Waals surface area contributed by atoms with Crippen molar-refractivity contribution < 1.29 is 29.4 Å². The molecule has 2 amide bonds. The maximum Gasteiger partial charge on any atom is 0.254 e. The second kappa shape index (κ2) is 18.1. The van der Waals surface area contributed by atoms with E-state index in [9.17, 15) is 19.8 Å². The monoisotopic (exact) mass is 798 g/mol. The first kappa shape index (κ1) is 43.6. The maximum absolute atomic E-state index is 14.5. The molecular weight excluding hydrogens is 731 g/mol. The lowest BCUT2D eigenvalue weighted by atomic mass is 9.58. The van der Waals surface area contributed by atoms with Crippen molar-refractivity contribution in [3.8, 4) is 16.9 Å². The maximum atomic E-state index is 14.5. The predicted molar refractivity (Wildman–Crippen MR) is 230 cm³/mol. The summed E-state index contributed by atoms with van der Waals surface area (Å²) in [4.78, 5) is 41.6. The number of methoxy groups -OCH3 is 1. The lowest BCUT2D eigenvalue weighted by Crippen LogP contribution is -2.56. The van der Waals surface area contributed by atoms with Crippen LogP contribution in [-0.2, 0) is 22.6 Å². The number of carbonyl (C=O) groups excluding carboxylic acids is 2. The molecule has 58 heavy (non-hydrogen) atoms. The minimum Gasteiger partial charge on any atom is -0.496 e. The van der Waals surface area contributed by atoms with Gasteiger partial charge >= 0.3 is 0 Å². The van der Waals surface area contributed by atoms with Gasteiger partial charge in [-0.2, -0.15) is 5.06 Å². The number of benzene rings is 3. The summed E-state index contributed by atoms with van der Waals surface area (Å²) in [5, 5.41) is 26.5. The number of likely N-dealkylation sites (N-methyl/N-ethyl adjacent to an activating group) is 1. The Morgan fingerprint density at radius 1 is 1.03 bits per heavy atom. The van der Waals surface area contributed by atoms with Crippen molar-refractivity contribution in [2.24, 2.45) is 29.1 Å². The molecule has 9 atom stereocenters. The Balaban J connectivity index is 1.31. The van der Waals surface area contributed by atoms with Gasteiger partial charge in [-0.15, -0.1) is 0 Å². The van der Waals surface area contributed by atoms with Gasteiger partial charge < -0.3 is 35.0 Å². The highest BCUT2D eigenvalue weighted by atomic mass is 16.7. The molecule has 3 aliphatic rings. The second-order valence-corrected chi connectivity index (χ2v) is 18.2. The Labute approximate surface area is 346 Å². The SMILES string of the molecule is COc1c(CN2O[C@@H](CO)[C@@H]([C@H](C)O)[C@H]2C(=O)N[C@H]2C[C@@H](C)C(C)(C)[C@@H](C)[C@@H]2C)cccc1-c1cc(C(=O)N2CCN(C)C[C@@H]2Cc2ccccc2)cc(N(C)C)c1. The number of ether oxygens (including phenoxy) is 1. The lowest BCUT2D eigenvalue weighted by Gasteiger charge is -2.50. The summed E-state index contributed by atoms with van der Waals surface area (Å²) >= 11 is 0. The van der Waals surface area contributed by atoms with Crippen LogP contribution < -0.4 is 15.0 Å².